The van der Waals surface area contributed by atoms with Gasteiger partial charge in [0, 0.05) is 43.0 Å². The van der Waals surface area contributed by atoms with E-state index in [0.717, 1.165) is 49.5 Å². The van der Waals surface area contributed by atoms with E-state index in [4.69, 9.17) is 0 Å². The lowest BCUT2D eigenvalue weighted by Gasteiger charge is -2.34. The zero-order valence-corrected chi connectivity index (χ0v) is 17.2. The first kappa shape index (κ1) is 20.1. The van der Waals surface area contributed by atoms with Crippen LogP contribution in [0.3, 0.4) is 0 Å². The Kier molecular flexibility index (Phi) is 6.15. The van der Waals surface area contributed by atoms with Crippen molar-refractivity contribution < 1.29 is 9.59 Å². The number of hydrogen-bond donors (Lipinski definition) is 1. The maximum atomic E-state index is 12.7. The molecule has 1 saturated heterocycles. The maximum absolute atomic E-state index is 12.7. The average molecular weight is 380 g/mol. The van der Waals surface area contributed by atoms with Crippen molar-refractivity contribution in [2.45, 2.75) is 27.7 Å². The smallest absolute Gasteiger partial charge is 0.255 e. The molecule has 5 heteroatoms. The van der Waals surface area contributed by atoms with Crippen LogP contribution in [0.5, 0.6) is 0 Å². The molecular weight excluding hydrogens is 350 g/mol. The van der Waals surface area contributed by atoms with Gasteiger partial charge in [0.1, 0.15) is 0 Å². The largest absolute Gasteiger partial charge is 0.336 e. The minimum absolute atomic E-state index is 0.0351. The van der Waals surface area contributed by atoms with Gasteiger partial charge in [0.15, 0.2) is 0 Å². The van der Waals surface area contributed by atoms with Gasteiger partial charge >= 0.3 is 0 Å². The van der Waals surface area contributed by atoms with Crippen molar-refractivity contribution >= 4 is 17.5 Å². The van der Waals surface area contributed by atoms with E-state index in [1.54, 1.807) is 24.3 Å². The molecule has 1 aliphatic rings. The molecule has 28 heavy (non-hydrogen) atoms. The van der Waals surface area contributed by atoms with Crippen LogP contribution in [-0.2, 0) is 0 Å². The van der Waals surface area contributed by atoms with Gasteiger partial charge in [-0.3, -0.25) is 9.59 Å². The van der Waals surface area contributed by atoms with Crippen LogP contribution in [0.15, 0.2) is 36.4 Å². The van der Waals surface area contributed by atoms with Gasteiger partial charge in [-0.25, -0.2) is 0 Å². The number of hydrogen-bond acceptors (Lipinski definition) is 3. The molecule has 1 aliphatic heterocycles. The van der Waals surface area contributed by atoms with Gasteiger partial charge in [-0.15, -0.1) is 0 Å². The quantitative estimate of drug-likeness (QED) is 0.882. The SMILES string of the molecule is CCN1CCN(C(=O)c2ccc(C(=O)Nc3c(C)cc(C)cc3C)cc2)CC1. The molecule has 5 nitrogen and oxygen atoms in total. The Bertz CT molecular complexity index is 843. The monoisotopic (exact) mass is 379 g/mol. The minimum atomic E-state index is -0.161. The van der Waals surface area contributed by atoms with E-state index in [1.807, 2.05) is 25.7 Å². The van der Waals surface area contributed by atoms with E-state index in [2.05, 4.69) is 29.3 Å². The normalized spacial score (nSPS) is 14.8. The molecule has 0 saturated carbocycles. The molecule has 0 atom stereocenters. The van der Waals surface area contributed by atoms with Crippen LogP contribution in [0.25, 0.3) is 0 Å². The average Bonchev–Trinajstić information content (AvgIpc) is 2.70. The number of carbonyl (C=O) groups is 2. The van der Waals surface area contributed by atoms with Gasteiger partial charge in [-0.1, -0.05) is 24.6 Å². The number of aryl methyl sites for hydroxylation is 3. The summed E-state index contributed by atoms with van der Waals surface area (Å²) in [5.41, 5.74) is 5.30. The summed E-state index contributed by atoms with van der Waals surface area (Å²) in [4.78, 5) is 29.6. The molecule has 0 spiro atoms. The Morgan fingerprint density at radius 3 is 1.96 bits per heavy atom. The third kappa shape index (κ3) is 4.42. The number of rotatable bonds is 4. The van der Waals surface area contributed by atoms with Crippen molar-refractivity contribution in [1.29, 1.82) is 0 Å². The summed E-state index contributed by atoms with van der Waals surface area (Å²) in [6.45, 7) is 12.5. The molecule has 1 heterocycles. The summed E-state index contributed by atoms with van der Waals surface area (Å²) in [6.07, 6.45) is 0. The molecule has 1 fully saturated rings. The zero-order valence-electron chi connectivity index (χ0n) is 17.2. The van der Waals surface area contributed by atoms with Crippen molar-refractivity contribution in [3.8, 4) is 0 Å². The molecule has 0 aromatic heterocycles. The molecule has 148 valence electrons. The highest BCUT2D eigenvalue weighted by atomic mass is 16.2. The molecule has 0 unspecified atom stereocenters. The summed E-state index contributed by atoms with van der Waals surface area (Å²) < 4.78 is 0. The first-order valence-electron chi connectivity index (χ1n) is 9.90. The second kappa shape index (κ2) is 8.57. The predicted octanol–water partition coefficient (Wildman–Crippen LogP) is 3.64. The third-order valence-corrected chi connectivity index (χ3v) is 5.42. The predicted molar refractivity (Wildman–Crippen MR) is 113 cm³/mol. The summed E-state index contributed by atoms with van der Waals surface area (Å²) in [5.74, 6) is -0.126. The van der Waals surface area contributed by atoms with Crippen molar-refractivity contribution in [2.75, 3.05) is 38.0 Å². The van der Waals surface area contributed by atoms with Crippen LogP contribution in [0, 0.1) is 20.8 Å². The third-order valence-electron chi connectivity index (χ3n) is 5.42. The molecule has 2 amide bonds. The van der Waals surface area contributed by atoms with Gasteiger partial charge in [-0.05, 0) is 62.7 Å². The molecular formula is C23H29N3O2. The lowest BCUT2D eigenvalue weighted by molar-refractivity contribution is 0.0643. The van der Waals surface area contributed by atoms with Gasteiger partial charge in [0.2, 0.25) is 0 Å². The molecule has 3 rings (SSSR count). The molecule has 0 radical (unpaired) electrons. The van der Waals surface area contributed by atoms with Crippen LogP contribution >= 0.6 is 0 Å². The topological polar surface area (TPSA) is 52.7 Å². The highest BCUT2D eigenvalue weighted by Gasteiger charge is 2.21. The second-order valence-electron chi connectivity index (χ2n) is 7.53. The standard InChI is InChI=1S/C23H29N3O2/c1-5-25-10-12-26(13-11-25)23(28)20-8-6-19(7-9-20)22(27)24-21-17(3)14-16(2)15-18(21)4/h6-9,14-15H,5,10-13H2,1-4H3,(H,24,27). The van der Waals surface area contributed by atoms with Gasteiger partial charge in [0.05, 0.1) is 0 Å². The van der Waals surface area contributed by atoms with Crippen molar-refractivity contribution in [3.05, 3.63) is 64.2 Å². The fraction of sp³-hybridized carbons (Fsp3) is 0.391. The van der Waals surface area contributed by atoms with Crippen molar-refractivity contribution in [3.63, 3.8) is 0 Å². The Labute approximate surface area is 167 Å². The van der Waals surface area contributed by atoms with Crippen molar-refractivity contribution in [1.82, 2.24) is 9.80 Å². The molecule has 2 aromatic carbocycles. The van der Waals surface area contributed by atoms with E-state index >= 15 is 0 Å². The lowest BCUT2D eigenvalue weighted by atomic mass is 10.0. The summed E-state index contributed by atoms with van der Waals surface area (Å²) >= 11 is 0. The number of benzene rings is 2. The molecule has 1 N–H and O–H groups in total. The molecule has 2 aromatic rings. The number of carbonyl (C=O) groups excluding carboxylic acids is 2. The summed E-state index contributed by atoms with van der Waals surface area (Å²) in [5, 5.41) is 3.01. The van der Waals surface area contributed by atoms with Gasteiger partial charge in [-0.2, -0.15) is 0 Å². The number of amides is 2. The minimum Gasteiger partial charge on any atom is -0.336 e. The second-order valence-corrected chi connectivity index (χ2v) is 7.53. The van der Waals surface area contributed by atoms with E-state index < -0.39 is 0 Å². The van der Waals surface area contributed by atoms with Crippen LogP contribution in [0.4, 0.5) is 5.69 Å². The maximum Gasteiger partial charge on any atom is 0.255 e. The van der Waals surface area contributed by atoms with Crippen molar-refractivity contribution in [2.24, 2.45) is 0 Å². The Balaban J connectivity index is 1.67. The highest BCUT2D eigenvalue weighted by molar-refractivity contribution is 6.05. The molecule has 0 aliphatic carbocycles. The summed E-state index contributed by atoms with van der Waals surface area (Å²) in [7, 11) is 0. The number of likely N-dealkylation sites (N-methyl/N-ethyl adjacent to an activating group) is 1. The molecule has 0 bridgehead atoms. The number of nitrogens with one attached hydrogen (secondary N) is 1. The van der Waals surface area contributed by atoms with E-state index in [1.165, 1.54) is 5.56 Å². The van der Waals surface area contributed by atoms with Gasteiger partial charge < -0.3 is 15.1 Å². The number of anilines is 1. The fourth-order valence-corrected chi connectivity index (χ4v) is 3.78. The first-order valence-corrected chi connectivity index (χ1v) is 9.90. The number of nitrogens with zero attached hydrogens (tertiary/aromatic N) is 2. The summed E-state index contributed by atoms with van der Waals surface area (Å²) in [6, 6.07) is 11.1. The van der Waals surface area contributed by atoms with Crippen LogP contribution in [-0.4, -0.2) is 54.3 Å². The Morgan fingerprint density at radius 2 is 1.43 bits per heavy atom. The lowest BCUT2D eigenvalue weighted by Crippen LogP contribution is -2.48. The highest BCUT2D eigenvalue weighted by Crippen LogP contribution is 2.22. The van der Waals surface area contributed by atoms with Crippen LogP contribution in [0.2, 0.25) is 0 Å². The Hall–Kier alpha value is -2.66. The fourth-order valence-electron chi connectivity index (χ4n) is 3.78. The Morgan fingerprint density at radius 1 is 0.893 bits per heavy atom. The van der Waals surface area contributed by atoms with E-state index in [0.29, 0.717) is 11.1 Å². The van der Waals surface area contributed by atoms with E-state index in [-0.39, 0.29) is 11.8 Å². The van der Waals surface area contributed by atoms with E-state index in [9.17, 15) is 9.59 Å². The number of piperazine rings is 1. The van der Waals surface area contributed by atoms with Gasteiger partial charge in [0.25, 0.3) is 11.8 Å². The zero-order chi connectivity index (χ0) is 20.3. The van der Waals surface area contributed by atoms with Crippen LogP contribution < -0.4 is 5.32 Å². The van der Waals surface area contributed by atoms with Crippen LogP contribution in [0.1, 0.15) is 44.3 Å². The first-order chi connectivity index (χ1) is 13.4.